The Balaban J connectivity index is 2.02. The molecule has 0 aliphatic heterocycles. The van der Waals surface area contributed by atoms with Crippen LogP contribution in [0.5, 0.6) is 0 Å². The minimum absolute atomic E-state index is 0.140. The van der Waals surface area contributed by atoms with Crippen molar-refractivity contribution in [3.05, 3.63) is 81.5 Å². The molecular weight excluding hydrogens is 373 g/mol. The van der Waals surface area contributed by atoms with E-state index in [0.717, 1.165) is 5.56 Å². The van der Waals surface area contributed by atoms with Gasteiger partial charge in [0.15, 0.2) is 0 Å². The van der Waals surface area contributed by atoms with Crippen molar-refractivity contribution in [1.82, 2.24) is 9.55 Å². The first-order valence-corrected chi connectivity index (χ1v) is 9.22. The molecule has 0 unspecified atom stereocenters. The molecule has 3 rings (SSSR count). The molecule has 3 aromatic rings. The van der Waals surface area contributed by atoms with Crippen LogP contribution in [0.3, 0.4) is 0 Å². The van der Waals surface area contributed by atoms with E-state index in [1.807, 2.05) is 25.1 Å². The third-order valence-corrected chi connectivity index (χ3v) is 4.54. The van der Waals surface area contributed by atoms with Crippen molar-refractivity contribution in [2.45, 2.75) is 26.8 Å². The minimum atomic E-state index is -0.409. The standard InChI is InChI=1S/C22H22FN3O3/c1-14-4-3-5-18(12-14)25-20(28)13-26-21(16-6-8-17(23)9-7-16)24-15(2)19(10-11-27)22(26)29/h3-9,12,27H,10-11,13H2,1-2H3,(H,25,28). The van der Waals surface area contributed by atoms with Crippen molar-refractivity contribution in [3.8, 4) is 11.4 Å². The zero-order chi connectivity index (χ0) is 21.0. The molecule has 29 heavy (non-hydrogen) atoms. The maximum absolute atomic E-state index is 13.3. The molecule has 0 atom stereocenters. The lowest BCUT2D eigenvalue weighted by molar-refractivity contribution is -0.116. The molecule has 1 aromatic heterocycles. The maximum Gasteiger partial charge on any atom is 0.257 e. The summed E-state index contributed by atoms with van der Waals surface area (Å²) in [5.41, 5.74) is 2.56. The quantitative estimate of drug-likeness (QED) is 0.672. The summed E-state index contributed by atoms with van der Waals surface area (Å²) in [4.78, 5) is 30.1. The van der Waals surface area contributed by atoms with Gasteiger partial charge in [-0.15, -0.1) is 0 Å². The predicted octanol–water partition coefficient (Wildman–Crippen LogP) is 2.84. The van der Waals surface area contributed by atoms with Gasteiger partial charge in [-0.05, 0) is 55.8 Å². The van der Waals surface area contributed by atoms with Crippen molar-refractivity contribution in [3.63, 3.8) is 0 Å². The van der Waals surface area contributed by atoms with E-state index in [4.69, 9.17) is 0 Å². The number of carbonyl (C=O) groups is 1. The summed E-state index contributed by atoms with van der Waals surface area (Å²) >= 11 is 0. The van der Waals surface area contributed by atoms with Crippen LogP contribution < -0.4 is 10.9 Å². The van der Waals surface area contributed by atoms with E-state index in [-0.39, 0.29) is 31.3 Å². The van der Waals surface area contributed by atoms with Crippen LogP contribution in [0.2, 0.25) is 0 Å². The van der Waals surface area contributed by atoms with E-state index in [2.05, 4.69) is 10.3 Å². The second kappa shape index (κ2) is 8.79. The Bertz CT molecular complexity index is 1090. The average molecular weight is 395 g/mol. The third-order valence-electron chi connectivity index (χ3n) is 4.54. The number of nitrogens with zero attached hydrogens (tertiary/aromatic N) is 2. The third kappa shape index (κ3) is 4.75. The molecule has 6 nitrogen and oxygen atoms in total. The van der Waals surface area contributed by atoms with Crippen molar-refractivity contribution >= 4 is 11.6 Å². The molecule has 0 bridgehead atoms. The lowest BCUT2D eigenvalue weighted by Crippen LogP contribution is -2.33. The molecule has 2 N–H and O–H groups in total. The smallest absolute Gasteiger partial charge is 0.257 e. The molecule has 1 heterocycles. The Labute approximate surface area is 167 Å². The summed E-state index contributed by atoms with van der Waals surface area (Å²) in [7, 11) is 0. The minimum Gasteiger partial charge on any atom is -0.396 e. The molecule has 0 saturated carbocycles. The van der Waals surface area contributed by atoms with Gasteiger partial charge in [0.2, 0.25) is 5.91 Å². The summed E-state index contributed by atoms with van der Waals surface area (Å²) in [6.07, 6.45) is 0.140. The van der Waals surface area contributed by atoms with Crippen LogP contribution in [-0.4, -0.2) is 27.2 Å². The molecule has 150 valence electrons. The number of halogens is 1. The predicted molar refractivity (Wildman–Crippen MR) is 109 cm³/mol. The van der Waals surface area contributed by atoms with Gasteiger partial charge in [0.25, 0.3) is 5.56 Å². The Kier molecular flexibility index (Phi) is 6.19. The molecular formula is C22H22FN3O3. The molecule has 2 aromatic carbocycles. The van der Waals surface area contributed by atoms with Gasteiger partial charge < -0.3 is 10.4 Å². The van der Waals surface area contributed by atoms with Crippen LogP contribution in [0.25, 0.3) is 11.4 Å². The van der Waals surface area contributed by atoms with E-state index in [9.17, 15) is 19.1 Å². The maximum atomic E-state index is 13.3. The highest BCUT2D eigenvalue weighted by atomic mass is 19.1. The molecule has 0 spiro atoms. The van der Waals surface area contributed by atoms with Gasteiger partial charge in [0.1, 0.15) is 18.2 Å². The largest absolute Gasteiger partial charge is 0.396 e. The molecule has 0 aliphatic carbocycles. The second-order valence-electron chi connectivity index (χ2n) is 6.79. The monoisotopic (exact) mass is 395 g/mol. The molecule has 0 fully saturated rings. The van der Waals surface area contributed by atoms with Crippen LogP contribution >= 0.6 is 0 Å². The number of aliphatic hydroxyl groups is 1. The topological polar surface area (TPSA) is 84.2 Å². The van der Waals surface area contributed by atoms with Crippen LogP contribution in [0, 0.1) is 19.7 Å². The summed E-state index contributed by atoms with van der Waals surface area (Å²) in [6, 6.07) is 12.9. The first-order chi connectivity index (χ1) is 13.9. The number of rotatable bonds is 6. The number of benzene rings is 2. The number of hydrogen-bond acceptors (Lipinski definition) is 4. The lowest BCUT2D eigenvalue weighted by Gasteiger charge is -2.16. The van der Waals surface area contributed by atoms with Crippen LogP contribution in [-0.2, 0) is 17.8 Å². The SMILES string of the molecule is Cc1cccc(NC(=O)Cn2c(-c3ccc(F)cc3)nc(C)c(CCO)c2=O)c1. The highest BCUT2D eigenvalue weighted by Gasteiger charge is 2.18. The number of carbonyl (C=O) groups excluding carboxylic acids is 1. The first-order valence-electron chi connectivity index (χ1n) is 9.22. The van der Waals surface area contributed by atoms with Crippen LogP contribution in [0.15, 0.2) is 53.3 Å². The summed E-state index contributed by atoms with van der Waals surface area (Å²) < 4.78 is 14.6. The van der Waals surface area contributed by atoms with Gasteiger partial charge in [-0.1, -0.05) is 12.1 Å². The lowest BCUT2D eigenvalue weighted by atomic mass is 10.1. The van der Waals surface area contributed by atoms with E-state index in [0.29, 0.717) is 22.5 Å². The zero-order valence-electron chi connectivity index (χ0n) is 16.3. The summed E-state index contributed by atoms with van der Waals surface area (Å²) in [5, 5.41) is 12.1. The number of nitrogens with one attached hydrogen (secondary N) is 1. The van der Waals surface area contributed by atoms with Gasteiger partial charge in [0, 0.05) is 35.5 Å². The molecule has 0 radical (unpaired) electrons. The Morgan fingerprint density at radius 3 is 2.55 bits per heavy atom. The molecule has 0 saturated heterocycles. The Morgan fingerprint density at radius 2 is 1.90 bits per heavy atom. The van der Waals surface area contributed by atoms with Crippen molar-refractivity contribution in [2.24, 2.45) is 0 Å². The van der Waals surface area contributed by atoms with Gasteiger partial charge in [-0.3, -0.25) is 14.2 Å². The van der Waals surface area contributed by atoms with Gasteiger partial charge in [-0.2, -0.15) is 0 Å². The van der Waals surface area contributed by atoms with Crippen LogP contribution in [0.4, 0.5) is 10.1 Å². The molecule has 0 aliphatic rings. The van der Waals surface area contributed by atoms with Gasteiger partial charge in [-0.25, -0.2) is 9.37 Å². The number of anilines is 1. The fraction of sp³-hybridized carbons (Fsp3) is 0.227. The Hall–Kier alpha value is -3.32. The zero-order valence-corrected chi connectivity index (χ0v) is 16.3. The van der Waals surface area contributed by atoms with E-state index >= 15 is 0 Å². The number of aryl methyl sites for hydroxylation is 2. The van der Waals surface area contributed by atoms with Gasteiger partial charge in [0.05, 0.1) is 0 Å². The second-order valence-corrected chi connectivity index (χ2v) is 6.79. The van der Waals surface area contributed by atoms with E-state index < -0.39 is 11.4 Å². The molecule has 7 heteroatoms. The number of aromatic nitrogens is 2. The van der Waals surface area contributed by atoms with Crippen molar-refractivity contribution < 1.29 is 14.3 Å². The van der Waals surface area contributed by atoms with Crippen molar-refractivity contribution in [1.29, 1.82) is 0 Å². The average Bonchev–Trinajstić information content (AvgIpc) is 2.68. The highest BCUT2D eigenvalue weighted by molar-refractivity contribution is 5.90. The summed E-state index contributed by atoms with van der Waals surface area (Å²) in [6.45, 7) is 3.13. The fourth-order valence-electron chi connectivity index (χ4n) is 3.13. The molecule has 1 amide bonds. The number of aliphatic hydroxyl groups excluding tert-OH is 1. The van der Waals surface area contributed by atoms with E-state index in [1.54, 1.807) is 13.0 Å². The van der Waals surface area contributed by atoms with Crippen molar-refractivity contribution in [2.75, 3.05) is 11.9 Å². The highest BCUT2D eigenvalue weighted by Crippen LogP contribution is 2.18. The van der Waals surface area contributed by atoms with Crippen LogP contribution in [0.1, 0.15) is 16.8 Å². The number of amides is 1. The first kappa shape index (κ1) is 20.4. The summed E-state index contributed by atoms with van der Waals surface area (Å²) in [5.74, 6) is -0.524. The van der Waals surface area contributed by atoms with Gasteiger partial charge >= 0.3 is 0 Å². The fourth-order valence-corrected chi connectivity index (χ4v) is 3.13. The Morgan fingerprint density at radius 1 is 1.17 bits per heavy atom. The normalized spacial score (nSPS) is 10.8. The number of hydrogen-bond donors (Lipinski definition) is 2. The van der Waals surface area contributed by atoms with E-state index in [1.165, 1.54) is 28.8 Å².